The maximum atomic E-state index is 13.8. The van der Waals surface area contributed by atoms with E-state index in [1.807, 2.05) is 0 Å². The average molecular weight is 306 g/mol. The highest BCUT2D eigenvalue weighted by molar-refractivity contribution is 9.10. The molecule has 0 amide bonds. The number of hydrogen-bond donors (Lipinski definition) is 2. The van der Waals surface area contributed by atoms with Crippen molar-refractivity contribution < 1.29 is 13.9 Å². The molecule has 0 aromatic heterocycles. The zero-order valence-corrected chi connectivity index (χ0v) is 10.9. The topological polar surface area (TPSA) is 32.3 Å². The van der Waals surface area contributed by atoms with E-state index in [0.29, 0.717) is 12.3 Å². The maximum absolute atomic E-state index is 13.8. The van der Waals surface area contributed by atoms with Gasteiger partial charge in [0.25, 0.3) is 0 Å². The van der Waals surface area contributed by atoms with Crippen LogP contribution in [0.3, 0.4) is 0 Å². The Morgan fingerprint density at radius 1 is 1.35 bits per heavy atom. The number of phenols is 1. The Kier molecular flexibility index (Phi) is 3.99. The Morgan fingerprint density at radius 2 is 2.00 bits per heavy atom. The number of rotatable bonds is 2. The SMILES string of the molecule is Oc1cc(F)c(CC2CCNCC2)c(F)c1Br. The third-order valence-electron chi connectivity index (χ3n) is 3.19. The summed E-state index contributed by atoms with van der Waals surface area (Å²) in [5, 5.41) is 12.5. The minimum absolute atomic E-state index is 0.0529. The Bertz CT molecular complexity index is 419. The molecule has 2 nitrogen and oxygen atoms in total. The van der Waals surface area contributed by atoms with Crippen LogP contribution < -0.4 is 5.32 Å². The fourth-order valence-electron chi connectivity index (χ4n) is 2.18. The van der Waals surface area contributed by atoms with E-state index in [-0.39, 0.29) is 10.0 Å². The van der Waals surface area contributed by atoms with Gasteiger partial charge >= 0.3 is 0 Å². The summed E-state index contributed by atoms with van der Waals surface area (Å²) in [4.78, 5) is 0. The van der Waals surface area contributed by atoms with Crippen molar-refractivity contribution in [2.24, 2.45) is 5.92 Å². The van der Waals surface area contributed by atoms with Gasteiger partial charge in [0, 0.05) is 11.6 Å². The second kappa shape index (κ2) is 5.31. The summed E-state index contributed by atoms with van der Waals surface area (Å²) >= 11 is 2.92. The van der Waals surface area contributed by atoms with Gasteiger partial charge in [0.2, 0.25) is 0 Å². The summed E-state index contributed by atoms with van der Waals surface area (Å²) in [6.45, 7) is 1.79. The summed E-state index contributed by atoms with van der Waals surface area (Å²) in [6.07, 6.45) is 2.24. The fourth-order valence-corrected chi connectivity index (χ4v) is 2.54. The van der Waals surface area contributed by atoms with Crippen molar-refractivity contribution in [2.45, 2.75) is 19.3 Å². The van der Waals surface area contributed by atoms with Crippen molar-refractivity contribution >= 4 is 15.9 Å². The van der Waals surface area contributed by atoms with E-state index >= 15 is 0 Å². The van der Waals surface area contributed by atoms with Crippen molar-refractivity contribution in [1.29, 1.82) is 0 Å². The van der Waals surface area contributed by atoms with Crippen molar-refractivity contribution in [2.75, 3.05) is 13.1 Å². The van der Waals surface area contributed by atoms with Gasteiger partial charge in [0.15, 0.2) is 0 Å². The second-order valence-corrected chi connectivity index (χ2v) is 5.17. The Hall–Kier alpha value is -0.680. The van der Waals surface area contributed by atoms with E-state index in [2.05, 4.69) is 21.2 Å². The molecule has 0 radical (unpaired) electrons. The Labute approximate surface area is 107 Å². The number of phenolic OH excluding ortho intramolecular Hbond substituents is 1. The molecule has 0 saturated carbocycles. The maximum Gasteiger partial charge on any atom is 0.147 e. The zero-order valence-electron chi connectivity index (χ0n) is 9.27. The number of benzene rings is 1. The fraction of sp³-hybridized carbons (Fsp3) is 0.500. The molecule has 5 heteroatoms. The molecular weight excluding hydrogens is 292 g/mol. The number of piperidine rings is 1. The van der Waals surface area contributed by atoms with Gasteiger partial charge in [-0.1, -0.05) is 0 Å². The van der Waals surface area contributed by atoms with E-state index in [1.165, 1.54) is 0 Å². The predicted octanol–water partition coefficient (Wildman–Crippen LogP) is 2.98. The molecule has 1 heterocycles. The number of aromatic hydroxyl groups is 1. The summed E-state index contributed by atoms with van der Waals surface area (Å²) in [5.74, 6) is -1.44. The normalized spacial score (nSPS) is 17.4. The van der Waals surface area contributed by atoms with Gasteiger partial charge in [0.05, 0.1) is 4.47 Å². The number of halogens is 3. The third-order valence-corrected chi connectivity index (χ3v) is 3.94. The smallest absolute Gasteiger partial charge is 0.147 e. The Morgan fingerprint density at radius 3 is 2.65 bits per heavy atom. The van der Waals surface area contributed by atoms with Gasteiger partial charge in [-0.3, -0.25) is 0 Å². The van der Waals surface area contributed by atoms with E-state index in [9.17, 15) is 13.9 Å². The first kappa shape index (κ1) is 12.8. The molecule has 1 aromatic carbocycles. The monoisotopic (exact) mass is 305 g/mol. The van der Waals surface area contributed by atoms with Crippen LogP contribution in [0.2, 0.25) is 0 Å². The largest absolute Gasteiger partial charge is 0.507 e. The van der Waals surface area contributed by atoms with Crippen molar-refractivity contribution in [3.8, 4) is 5.75 Å². The second-order valence-electron chi connectivity index (χ2n) is 4.38. The van der Waals surface area contributed by atoms with Crippen molar-refractivity contribution in [3.05, 3.63) is 27.7 Å². The van der Waals surface area contributed by atoms with Crippen LogP contribution >= 0.6 is 15.9 Å². The molecule has 1 saturated heterocycles. The molecule has 0 spiro atoms. The standard InChI is InChI=1S/C12H14BrF2NO/c13-11-10(17)6-9(14)8(12(11)15)5-7-1-3-16-4-2-7/h6-7,16-17H,1-5H2. The highest BCUT2D eigenvalue weighted by Crippen LogP contribution is 2.33. The van der Waals surface area contributed by atoms with Crippen LogP contribution in [0.5, 0.6) is 5.75 Å². The first-order valence-corrected chi connectivity index (χ1v) is 6.45. The van der Waals surface area contributed by atoms with E-state index < -0.39 is 17.4 Å². The lowest BCUT2D eigenvalue weighted by Crippen LogP contribution is -2.29. The highest BCUT2D eigenvalue weighted by atomic mass is 79.9. The van der Waals surface area contributed by atoms with Crippen molar-refractivity contribution in [3.63, 3.8) is 0 Å². The van der Waals surface area contributed by atoms with Crippen LogP contribution in [0, 0.1) is 17.6 Å². The molecule has 17 heavy (non-hydrogen) atoms. The van der Waals surface area contributed by atoms with Crippen LogP contribution in [0.1, 0.15) is 18.4 Å². The summed E-state index contributed by atoms with van der Waals surface area (Å²) in [5.41, 5.74) is 0.0709. The lowest BCUT2D eigenvalue weighted by molar-refractivity contribution is 0.361. The van der Waals surface area contributed by atoms with Gasteiger partial charge in [-0.05, 0) is 54.2 Å². The highest BCUT2D eigenvalue weighted by Gasteiger charge is 2.21. The van der Waals surface area contributed by atoms with Crippen LogP contribution in [0.15, 0.2) is 10.5 Å². The van der Waals surface area contributed by atoms with Gasteiger partial charge < -0.3 is 10.4 Å². The van der Waals surface area contributed by atoms with Crippen LogP contribution in [0.4, 0.5) is 8.78 Å². The van der Waals surface area contributed by atoms with E-state index in [4.69, 9.17) is 0 Å². The van der Waals surface area contributed by atoms with Gasteiger partial charge in [0.1, 0.15) is 17.4 Å². The molecule has 1 aromatic rings. The lowest BCUT2D eigenvalue weighted by atomic mass is 9.90. The molecule has 0 aliphatic carbocycles. The number of nitrogens with one attached hydrogen (secondary N) is 1. The Balaban J connectivity index is 2.22. The lowest BCUT2D eigenvalue weighted by Gasteiger charge is -2.23. The molecular formula is C12H14BrF2NO. The third kappa shape index (κ3) is 2.77. The van der Waals surface area contributed by atoms with Crippen LogP contribution in [-0.2, 0) is 6.42 Å². The first-order valence-electron chi connectivity index (χ1n) is 5.65. The van der Waals surface area contributed by atoms with E-state index in [1.54, 1.807) is 0 Å². The van der Waals surface area contributed by atoms with Crippen molar-refractivity contribution in [1.82, 2.24) is 5.32 Å². The van der Waals surface area contributed by atoms with Gasteiger partial charge in [-0.25, -0.2) is 8.78 Å². The average Bonchev–Trinajstić information content (AvgIpc) is 2.33. The summed E-state index contributed by atoms with van der Waals surface area (Å²) in [7, 11) is 0. The molecule has 1 aliphatic heterocycles. The number of hydrogen-bond acceptors (Lipinski definition) is 2. The van der Waals surface area contributed by atoms with Crippen LogP contribution in [0.25, 0.3) is 0 Å². The molecule has 1 fully saturated rings. The first-order chi connectivity index (χ1) is 8.09. The predicted molar refractivity (Wildman–Crippen MR) is 65.0 cm³/mol. The minimum atomic E-state index is -0.680. The quantitative estimate of drug-likeness (QED) is 0.823. The molecule has 2 N–H and O–H groups in total. The van der Waals surface area contributed by atoms with Gasteiger partial charge in [-0.15, -0.1) is 0 Å². The zero-order chi connectivity index (χ0) is 12.4. The molecule has 0 bridgehead atoms. The minimum Gasteiger partial charge on any atom is -0.507 e. The molecule has 0 unspecified atom stereocenters. The molecule has 1 aliphatic rings. The molecule has 0 atom stereocenters. The van der Waals surface area contributed by atoms with Crippen LogP contribution in [-0.4, -0.2) is 18.2 Å². The van der Waals surface area contributed by atoms with Gasteiger partial charge in [-0.2, -0.15) is 0 Å². The van der Waals surface area contributed by atoms with E-state index in [0.717, 1.165) is 32.0 Å². The summed E-state index contributed by atoms with van der Waals surface area (Å²) < 4.78 is 27.4. The molecule has 2 rings (SSSR count). The summed E-state index contributed by atoms with van der Waals surface area (Å²) in [6, 6.07) is 0.962. The molecule has 94 valence electrons.